The maximum atomic E-state index is 13.3. The number of hydrogen-bond acceptors (Lipinski definition) is 4. The number of ether oxygens (including phenoxy) is 1. The van der Waals surface area contributed by atoms with Gasteiger partial charge in [-0.25, -0.2) is 9.18 Å². The van der Waals surface area contributed by atoms with E-state index in [-0.39, 0.29) is 17.8 Å². The molecule has 1 aliphatic rings. The van der Waals surface area contributed by atoms with Crippen LogP contribution in [0.15, 0.2) is 18.2 Å². The largest absolute Gasteiger partial charge is 0.449 e. The number of carbonyl (C=O) groups excluding carboxylic acids is 1. The number of nitrogens with zero attached hydrogens (tertiary/aromatic N) is 1. The second-order valence-electron chi connectivity index (χ2n) is 5.22. The van der Waals surface area contributed by atoms with Gasteiger partial charge >= 0.3 is 6.09 Å². The lowest BCUT2D eigenvalue weighted by atomic mass is 10.1. The van der Waals surface area contributed by atoms with E-state index in [1.54, 1.807) is 6.07 Å². The Morgan fingerprint density at radius 1 is 1.60 bits per heavy atom. The molecule has 1 unspecified atom stereocenters. The molecule has 0 saturated carbocycles. The van der Waals surface area contributed by atoms with Gasteiger partial charge in [-0.15, -0.1) is 0 Å². The van der Waals surface area contributed by atoms with Gasteiger partial charge < -0.3 is 21.1 Å². The van der Waals surface area contributed by atoms with E-state index in [1.807, 2.05) is 6.92 Å². The van der Waals surface area contributed by atoms with E-state index in [9.17, 15) is 9.18 Å². The molecule has 6 heteroatoms. The molecule has 1 amide bonds. The predicted octanol–water partition coefficient (Wildman–Crippen LogP) is 1.77. The summed E-state index contributed by atoms with van der Waals surface area (Å²) in [6.07, 6.45) is 0.157. The second-order valence-corrected chi connectivity index (χ2v) is 5.22. The van der Waals surface area contributed by atoms with Crippen molar-refractivity contribution in [1.82, 2.24) is 0 Å². The molecule has 1 aromatic rings. The zero-order valence-corrected chi connectivity index (χ0v) is 11.5. The van der Waals surface area contributed by atoms with Crippen LogP contribution in [-0.4, -0.2) is 25.8 Å². The van der Waals surface area contributed by atoms with E-state index in [4.69, 9.17) is 16.2 Å². The maximum absolute atomic E-state index is 13.3. The number of amides is 1. The third kappa shape index (κ3) is 3.39. The second kappa shape index (κ2) is 6.09. The lowest BCUT2D eigenvalue weighted by molar-refractivity contribution is 0.140. The molecule has 0 bridgehead atoms. The van der Waals surface area contributed by atoms with E-state index >= 15 is 0 Å². The molecule has 1 fully saturated rings. The number of hydrogen-bond donors (Lipinski definition) is 2. The summed E-state index contributed by atoms with van der Waals surface area (Å²) < 4.78 is 18.2. The Kier molecular flexibility index (Phi) is 4.44. The quantitative estimate of drug-likeness (QED) is 0.881. The van der Waals surface area contributed by atoms with Gasteiger partial charge in [-0.3, -0.25) is 0 Å². The summed E-state index contributed by atoms with van der Waals surface area (Å²) in [5.41, 5.74) is 12.6. The monoisotopic (exact) mass is 281 g/mol. The fourth-order valence-corrected chi connectivity index (χ4v) is 2.57. The minimum absolute atomic E-state index is 0.235. The molecule has 0 spiro atoms. The molecule has 5 nitrogen and oxygen atoms in total. The van der Waals surface area contributed by atoms with E-state index in [0.717, 1.165) is 30.8 Å². The van der Waals surface area contributed by atoms with Crippen molar-refractivity contribution in [2.24, 2.45) is 17.4 Å². The summed E-state index contributed by atoms with van der Waals surface area (Å²) in [4.78, 5) is 12.8. The van der Waals surface area contributed by atoms with E-state index in [1.165, 1.54) is 12.1 Å². The summed E-state index contributed by atoms with van der Waals surface area (Å²) in [5.74, 6) is -0.0395. The summed E-state index contributed by atoms with van der Waals surface area (Å²) >= 11 is 0. The first kappa shape index (κ1) is 14.6. The summed E-state index contributed by atoms with van der Waals surface area (Å²) in [6, 6.07) is 4.44. The Bertz CT molecular complexity index is 493. The van der Waals surface area contributed by atoms with Crippen molar-refractivity contribution in [2.75, 3.05) is 24.6 Å². The van der Waals surface area contributed by atoms with Gasteiger partial charge in [0.2, 0.25) is 0 Å². The molecule has 1 heterocycles. The summed E-state index contributed by atoms with van der Waals surface area (Å²) in [6.45, 7) is 3.74. The first-order chi connectivity index (χ1) is 9.47. The minimum atomic E-state index is -0.749. The number of carbonyl (C=O) groups is 1. The van der Waals surface area contributed by atoms with Crippen LogP contribution in [0.3, 0.4) is 0 Å². The Morgan fingerprint density at radius 3 is 3.00 bits per heavy atom. The van der Waals surface area contributed by atoms with Crippen molar-refractivity contribution < 1.29 is 13.9 Å². The van der Waals surface area contributed by atoms with Crippen LogP contribution in [0.1, 0.15) is 24.9 Å². The van der Waals surface area contributed by atoms with Crippen LogP contribution < -0.4 is 16.4 Å². The minimum Gasteiger partial charge on any atom is -0.449 e. The molecule has 2 rings (SSSR count). The molecule has 1 aromatic carbocycles. The summed E-state index contributed by atoms with van der Waals surface area (Å²) in [5, 5.41) is 0. The van der Waals surface area contributed by atoms with Crippen LogP contribution >= 0.6 is 0 Å². The van der Waals surface area contributed by atoms with Gasteiger partial charge in [0, 0.05) is 30.7 Å². The van der Waals surface area contributed by atoms with E-state index < -0.39 is 6.09 Å². The third-order valence-corrected chi connectivity index (χ3v) is 3.57. The molecule has 0 radical (unpaired) electrons. The Hall–Kier alpha value is -1.82. The van der Waals surface area contributed by atoms with Gasteiger partial charge in [0.25, 0.3) is 0 Å². The van der Waals surface area contributed by atoms with E-state index in [2.05, 4.69) is 4.90 Å². The number of nitrogens with two attached hydrogens (primary N) is 2. The van der Waals surface area contributed by atoms with Crippen LogP contribution in [0, 0.1) is 11.7 Å². The first-order valence-corrected chi connectivity index (χ1v) is 6.69. The Labute approximate surface area is 117 Å². The number of primary amides is 1. The zero-order valence-electron chi connectivity index (χ0n) is 11.5. The van der Waals surface area contributed by atoms with Crippen molar-refractivity contribution in [2.45, 2.75) is 19.4 Å². The van der Waals surface area contributed by atoms with Crippen molar-refractivity contribution in [3.8, 4) is 0 Å². The lowest BCUT2D eigenvalue weighted by Crippen LogP contribution is -2.25. The molecule has 1 aliphatic heterocycles. The van der Waals surface area contributed by atoms with Crippen LogP contribution in [0.4, 0.5) is 14.9 Å². The van der Waals surface area contributed by atoms with Gasteiger partial charge in [0.1, 0.15) is 5.82 Å². The van der Waals surface area contributed by atoms with Gasteiger partial charge in [0.05, 0.1) is 6.61 Å². The smallest absolute Gasteiger partial charge is 0.404 e. The molecule has 0 aromatic heterocycles. The summed E-state index contributed by atoms with van der Waals surface area (Å²) in [7, 11) is 0. The molecule has 1 saturated heterocycles. The fourth-order valence-electron chi connectivity index (χ4n) is 2.57. The Morgan fingerprint density at radius 2 is 2.35 bits per heavy atom. The molecule has 4 N–H and O–H groups in total. The first-order valence-electron chi connectivity index (χ1n) is 6.69. The number of anilines is 1. The highest BCUT2D eigenvalue weighted by Gasteiger charge is 2.25. The molecule has 0 aliphatic carbocycles. The molecule has 2 atom stereocenters. The zero-order chi connectivity index (χ0) is 14.7. The molecule has 20 heavy (non-hydrogen) atoms. The van der Waals surface area contributed by atoms with Crippen molar-refractivity contribution in [3.05, 3.63) is 29.6 Å². The highest BCUT2D eigenvalue weighted by atomic mass is 19.1. The molecule has 110 valence electrons. The topological polar surface area (TPSA) is 81.6 Å². The fraction of sp³-hybridized carbons (Fsp3) is 0.500. The van der Waals surface area contributed by atoms with Crippen molar-refractivity contribution >= 4 is 11.8 Å². The van der Waals surface area contributed by atoms with Crippen molar-refractivity contribution in [3.63, 3.8) is 0 Å². The highest BCUT2D eigenvalue weighted by Crippen LogP contribution is 2.30. The van der Waals surface area contributed by atoms with Gasteiger partial charge in [-0.2, -0.15) is 0 Å². The standard InChI is InChI=1S/C14H20FN3O2/c1-9(16)12-6-11(15)2-3-13(12)18-5-4-10(7-18)8-20-14(17)19/h2-3,6,9-10H,4-5,7-8,16H2,1H3,(H2,17,19)/t9?,10-/m0/s1. The van der Waals surface area contributed by atoms with Gasteiger partial charge in [0.15, 0.2) is 0 Å². The number of rotatable bonds is 4. The third-order valence-electron chi connectivity index (χ3n) is 3.57. The highest BCUT2D eigenvalue weighted by molar-refractivity contribution is 5.64. The van der Waals surface area contributed by atoms with Gasteiger partial charge in [-0.05, 0) is 37.1 Å². The molecular formula is C14H20FN3O2. The SMILES string of the molecule is CC(N)c1cc(F)ccc1N1CC[C@H](COC(N)=O)C1. The van der Waals surface area contributed by atoms with E-state index in [0.29, 0.717) is 6.61 Å². The van der Waals surface area contributed by atoms with Crippen molar-refractivity contribution in [1.29, 1.82) is 0 Å². The van der Waals surface area contributed by atoms with Crippen LogP contribution in [-0.2, 0) is 4.74 Å². The normalized spacial score (nSPS) is 19.9. The Balaban J connectivity index is 2.08. The van der Waals surface area contributed by atoms with Crippen LogP contribution in [0.25, 0.3) is 0 Å². The average molecular weight is 281 g/mol. The maximum Gasteiger partial charge on any atom is 0.404 e. The number of benzene rings is 1. The number of halogens is 1. The van der Waals surface area contributed by atoms with Crippen LogP contribution in [0.5, 0.6) is 0 Å². The predicted molar refractivity (Wildman–Crippen MR) is 74.9 cm³/mol. The average Bonchev–Trinajstić information content (AvgIpc) is 2.84. The van der Waals surface area contributed by atoms with Gasteiger partial charge in [-0.1, -0.05) is 0 Å². The molecular weight excluding hydrogens is 261 g/mol. The van der Waals surface area contributed by atoms with Crippen LogP contribution in [0.2, 0.25) is 0 Å². The lowest BCUT2D eigenvalue weighted by Gasteiger charge is -2.23.